The maximum absolute atomic E-state index is 12.8. The Balaban J connectivity index is 2.27. The average molecular weight is 318 g/mol. The molecular formula is C17H16ClNO3. The summed E-state index contributed by atoms with van der Waals surface area (Å²) in [4.78, 5) is 26.7. The summed E-state index contributed by atoms with van der Waals surface area (Å²) in [6, 6.07) is 8.01. The highest BCUT2D eigenvalue weighted by Gasteiger charge is 2.38. The van der Waals surface area contributed by atoms with Crippen molar-refractivity contribution in [2.45, 2.75) is 19.9 Å². The molecule has 4 nitrogen and oxygen atoms in total. The number of halogens is 1. The summed E-state index contributed by atoms with van der Waals surface area (Å²) in [6.07, 6.45) is 0. The molecule has 2 amide bonds. The van der Waals surface area contributed by atoms with E-state index in [-0.39, 0.29) is 24.3 Å². The van der Waals surface area contributed by atoms with Crippen LogP contribution < -0.4 is 0 Å². The summed E-state index contributed by atoms with van der Waals surface area (Å²) in [6.45, 7) is 3.49. The fourth-order valence-electron chi connectivity index (χ4n) is 2.97. The van der Waals surface area contributed by atoms with Crippen molar-refractivity contribution in [2.24, 2.45) is 5.92 Å². The van der Waals surface area contributed by atoms with E-state index in [1.54, 1.807) is 30.3 Å². The van der Waals surface area contributed by atoms with Crippen molar-refractivity contribution in [3.63, 3.8) is 0 Å². The van der Waals surface area contributed by atoms with Crippen LogP contribution in [0.5, 0.6) is 0 Å². The van der Waals surface area contributed by atoms with Gasteiger partial charge in [-0.2, -0.15) is 0 Å². The Morgan fingerprint density at radius 1 is 1.09 bits per heavy atom. The highest BCUT2D eigenvalue weighted by molar-refractivity contribution is 6.38. The molecule has 0 radical (unpaired) electrons. The van der Waals surface area contributed by atoms with E-state index in [9.17, 15) is 14.7 Å². The minimum absolute atomic E-state index is 0.0362. The predicted octanol–water partition coefficient (Wildman–Crippen LogP) is 3.11. The topological polar surface area (TPSA) is 57.6 Å². The first kappa shape index (κ1) is 15.0. The molecule has 1 atom stereocenters. The Kier molecular flexibility index (Phi) is 3.67. The molecule has 114 valence electrons. The normalized spacial score (nSPS) is 15.8. The molecule has 1 unspecified atom stereocenters. The molecule has 1 aliphatic rings. The van der Waals surface area contributed by atoms with E-state index < -0.39 is 6.04 Å². The number of carbonyl (C=O) groups excluding carboxylic acids is 2. The number of hydrogen-bond donors (Lipinski definition) is 1. The van der Waals surface area contributed by atoms with Crippen molar-refractivity contribution < 1.29 is 14.7 Å². The molecule has 1 N–H and O–H groups in total. The van der Waals surface area contributed by atoms with Crippen molar-refractivity contribution in [2.75, 3.05) is 6.61 Å². The van der Waals surface area contributed by atoms with Crippen LogP contribution in [0.3, 0.4) is 0 Å². The highest BCUT2D eigenvalue weighted by atomic mass is 35.5. The Morgan fingerprint density at radius 2 is 1.73 bits per heavy atom. The first-order chi connectivity index (χ1) is 10.5. The largest absolute Gasteiger partial charge is 0.394 e. The van der Waals surface area contributed by atoms with E-state index in [4.69, 9.17) is 11.6 Å². The monoisotopic (exact) mass is 317 g/mol. The second kappa shape index (κ2) is 5.38. The Hall–Kier alpha value is -1.91. The molecule has 22 heavy (non-hydrogen) atoms. The number of aliphatic hydroxyl groups excluding tert-OH is 1. The van der Waals surface area contributed by atoms with Gasteiger partial charge in [-0.3, -0.25) is 14.5 Å². The van der Waals surface area contributed by atoms with E-state index >= 15 is 0 Å². The minimum Gasteiger partial charge on any atom is -0.394 e. The summed E-state index contributed by atoms with van der Waals surface area (Å²) in [5, 5.41) is 11.4. The van der Waals surface area contributed by atoms with Gasteiger partial charge in [-0.1, -0.05) is 37.6 Å². The number of amides is 2. The minimum atomic E-state index is -0.543. The zero-order valence-corrected chi connectivity index (χ0v) is 13.1. The van der Waals surface area contributed by atoms with Gasteiger partial charge < -0.3 is 5.11 Å². The number of aliphatic hydroxyl groups is 1. The lowest BCUT2D eigenvalue weighted by Gasteiger charge is -2.35. The molecule has 0 aromatic heterocycles. The first-order valence-electron chi connectivity index (χ1n) is 7.17. The van der Waals surface area contributed by atoms with Crippen molar-refractivity contribution in [3.05, 3.63) is 46.5 Å². The molecule has 0 spiro atoms. The molecule has 5 heteroatoms. The summed E-state index contributed by atoms with van der Waals surface area (Å²) in [5.74, 6) is -0.790. The SMILES string of the molecule is CC(C)C(CO)N1C(=O)c2cccc3c(Cl)ccc(c23)C1=O. The second-order valence-corrected chi connectivity index (χ2v) is 6.20. The number of rotatable bonds is 3. The second-order valence-electron chi connectivity index (χ2n) is 5.80. The molecule has 2 aromatic carbocycles. The van der Waals surface area contributed by atoms with Crippen LogP contribution in [0.15, 0.2) is 30.3 Å². The number of benzene rings is 2. The smallest absolute Gasteiger partial charge is 0.261 e. The third kappa shape index (κ3) is 2.02. The fraction of sp³-hybridized carbons (Fsp3) is 0.294. The summed E-state index contributed by atoms with van der Waals surface area (Å²) in [5.41, 5.74) is 0.905. The zero-order chi connectivity index (χ0) is 16.0. The highest BCUT2D eigenvalue weighted by Crippen LogP contribution is 2.35. The maximum Gasteiger partial charge on any atom is 0.261 e. The maximum atomic E-state index is 12.8. The van der Waals surface area contributed by atoms with Gasteiger partial charge in [0.05, 0.1) is 12.6 Å². The Morgan fingerprint density at radius 3 is 2.32 bits per heavy atom. The molecule has 0 fully saturated rings. The van der Waals surface area contributed by atoms with E-state index in [2.05, 4.69) is 0 Å². The molecule has 0 saturated carbocycles. The molecular weight excluding hydrogens is 302 g/mol. The number of nitrogens with zero attached hydrogens (tertiary/aromatic N) is 1. The molecule has 2 aromatic rings. The van der Waals surface area contributed by atoms with Crippen LogP contribution in [0.1, 0.15) is 34.6 Å². The number of hydrogen-bond acceptors (Lipinski definition) is 3. The summed E-state index contributed by atoms with van der Waals surface area (Å²) in [7, 11) is 0. The van der Waals surface area contributed by atoms with Crippen LogP contribution >= 0.6 is 11.6 Å². The third-order valence-electron chi connectivity index (χ3n) is 4.17. The molecule has 0 saturated heterocycles. The number of carbonyl (C=O) groups is 2. The van der Waals surface area contributed by atoms with Crippen LogP contribution in [0.25, 0.3) is 10.8 Å². The molecule has 1 heterocycles. The molecule has 0 aliphatic carbocycles. The molecule has 1 aliphatic heterocycles. The van der Waals surface area contributed by atoms with Crippen LogP contribution in [0.4, 0.5) is 0 Å². The summed E-state index contributed by atoms with van der Waals surface area (Å²) >= 11 is 6.18. The third-order valence-corrected chi connectivity index (χ3v) is 4.50. The van der Waals surface area contributed by atoms with Gasteiger partial charge in [0, 0.05) is 26.9 Å². The quantitative estimate of drug-likeness (QED) is 0.885. The van der Waals surface area contributed by atoms with E-state index in [1.165, 1.54) is 4.90 Å². The fourth-order valence-corrected chi connectivity index (χ4v) is 3.19. The zero-order valence-electron chi connectivity index (χ0n) is 12.3. The predicted molar refractivity (Wildman–Crippen MR) is 85.2 cm³/mol. The lowest BCUT2D eigenvalue weighted by Crippen LogP contribution is -2.50. The van der Waals surface area contributed by atoms with Crippen LogP contribution in [0.2, 0.25) is 5.02 Å². The van der Waals surface area contributed by atoms with Gasteiger partial charge in [0.1, 0.15) is 0 Å². The average Bonchev–Trinajstić information content (AvgIpc) is 2.50. The van der Waals surface area contributed by atoms with Gasteiger partial charge in [-0.25, -0.2) is 0 Å². The van der Waals surface area contributed by atoms with Gasteiger partial charge >= 0.3 is 0 Å². The van der Waals surface area contributed by atoms with Gasteiger partial charge in [-0.05, 0) is 24.1 Å². The lowest BCUT2D eigenvalue weighted by atomic mass is 9.91. The van der Waals surface area contributed by atoms with E-state index in [0.717, 1.165) is 0 Å². The van der Waals surface area contributed by atoms with Crippen molar-refractivity contribution >= 4 is 34.2 Å². The van der Waals surface area contributed by atoms with Crippen molar-refractivity contribution in [3.8, 4) is 0 Å². The number of imide groups is 1. The van der Waals surface area contributed by atoms with Crippen LogP contribution in [-0.4, -0.2) is 34.5 Å². The van der Waals surface area contributed by atoms with Crippen molar-refractivity contribution in [1.82, 2.24) is 4.90 Å². The lowest BCUT2D eigenvalue weighted by molar-refractivity contribution is 0.0406. The standard InChI is InChI=1S/C17H16ClNO3/c1-9(2)14(8-20)19-16(21)11-5-3-4-10-13(18)7-6-12(15(10)11)17(19)22/h3-7,9,14,20H,8H2,1-2H3. The van der Waals surface area contributed by atoms with Crippen LogP contribution in [-0.2, 0) is 0 Å². The van der Waals surface area contributed by atoms with Gasteiger partial charge in [0.15, 0.2) is 0 Å². The van der Waals surface area contributed by atoms with Crippen LogP contribution in [0, 0.1) is 5.92 Å². The summed E-state index contributed by atoms with van der Waals surface area (Å²) < 4.78 is 0. The van der Waals surface area contributed by atoms with Gasteiger partial charge in [0.2, 0.25) is 0 Å². The van der Waals surface area contributed by atoms with E-state index in [0.29, 0.717) is 26.9 Å². The molecule has 3 rings (SSSR count). The molecule has 0 bridgehead atoms. The Bertz CT molecular complexity index is 763. The Labute approximate surface area is 133 Å². The van der Waals surface area contributed by atoms with Crippen molar-refractivity contribution in [1.29, 1.82) is 0 Å². The van der Waals surface area contributed by atoms with Gasteiger partial charge in [0.25, 0.3) is 11.8 Å². The first-order valence-corrected chi connectivity index (χ1v) is 7.55. The van der Waals surface area contributed by atoms with Gasteiger partial charge in [-0.15, -0.1) is 0 Å². The van der Waals surface area contributed by atoms with E-state index in [1.807, 2.05) is 13.8 Å².